The van der Waals surface area contributed by atoms with Gasteiger partial charge < -0.3 is 10.4 Å². The van der Waals surface area contributed by atoms with Crippen molar-refractivity contribution in [3.63, 3.8) is 0 Å². The van der Waals surface area contributed by atoms with Crippen LogP contribution in [0.1, 0.15) is 68.7 Å². The topological polar surface area (TPSA) is 49.3 Å². The summed E-state index contributed by atoms with van der Waals surface area (Å²) in [6.45, 7) is 19.1. The highest BCUT2D eigenvalue weighted by Crippen LogP contribution is 2.46. The number of aliphatic hydroxyl groups excluding tert-OH is 1. The predicted molar refractivity (Wildman–Crippen MR) is 83.1 cm³/mol. The maximum atomic E-state index is 12.3. The second kappa shape index (κ2) is 7.88. The maximum Gasteiger partial charge on any atom is 0.226 e. The third-order valence-corrected chi connectivity index (χ3v) is 3.44. The lowest BCUT2D eigenvalue weighted by atomic mass is 9.61. The van der Waals surface area contributed by atoms with Gasteiger partial charge in [-0.3, -0.25) is 4.79 Å². The van der Waals surface area contributed by atoms with Crippen molar-refractivity contribution in [3.05, 3.63) is 0 Å². The van der Waals surface area contributed by atoms with E-state index >= 15 is 0 Å². The van der Waals surface area contributed by atoms with Crippen LogP contribution in [0.3, 0.4) is 0 Å². The Bertz CT molecular complexity index is 261. The minimum Gasteiger partial charge on any atom is -0.395 e. The summed E-state index contributed by atoms with van der Waals surface area (Å²) >= 11 is 0. The fraction of sp³-hybridized carbons (Fsp3) is 0.938. The minimum absolute atomic E-state index is 0.0124. The van der Waals surface area contributed by atoms with E-state index in [1.165, 1.54) is 0 Å². The summed E-state index contributed by atoms with van der Waals surface area (Å²) < 4.78 is 0. The van der Waals surface area contributed by atoms with Crippen LogP contribution in [0.2, 0.25) is 0 Å². The summed E-state index contributed by atoms with van der Waals surface area (Å²) in [5.74, 6) is 0.0361. The lowest BCUT2D eigenvalue weighted by Crippen LogP contribution is -2.49. The van der Waals surface area contributed by atoms with Gasteiger partial charge in [0.1, 0.15) is 0 Å². The zero-order valence-electron chi connectivity index (χ0n) is 14.5. The molecule has 3 nitrogen and oxygen atoms in total. The Hall–Kier alpha value is -0.570. The molecule has 0 aliphatic rings. The Balaban J connectivity index is 0. The van der Waals surface area contributed by atoms with E-state index in [1.54, 1.807) is 0 Å². The van der Waals surface area contributed by atoms with Crippen LogP contribution in [0.5, 0.6) is 0 Å². The van der Waals surface area contributed by atoms with Crippen LogP contribution in [0.15, 0.2) is 0 Å². The van der Waals surface area contributed by atoms with Crippen molar-refractivity contribution in [2.45, 2.75) is 68.7 Å². The minimum atomic E-state index is -0.430. The van der Waals surface area contributed by atoms with Gasteiger partial charge in [0.15, 0.2) is 0 Å². The van der Waals surface area contributed by atoms with Gasteiger partial charge in [-0.15, -0.1) is 0 Å². The molecule has 1 amide bonds. The Labute approximate surface area is 120 Å². The number of nitrogens with one attached hydrogen (secondary N) is 1. The highest BCUT2D eigenvalue weighted by atomic mass is 16.3. The maximum absolute atomic E-state index is 12.3. The van der Waals surface area contributed by atoms with Crippen molar-refractivity contribution < 1.29 is 9.90 Å². The standard InChI is InChI=1S/C14H29NO2.C2H6/c1-12(2,3)10-14(7,13(4,5)6)11(17)15-8-9-16;1-2/h16H,8-10H2,1-7H3,(H,15,17);1-2H3. The van der Waals surface area contributed by atoms with E-state index < -0.39 is 5.41 Å². The summed E-state index contributed by atoms with van der Waals surface area (Å²) in [6, 6.07) is 0. The van der Waals surface area contributed by atoms with Gasteiger partial charge in [-0.05, 0) is 17.3 Å². The molecule has 1 atom stereocenters. The molecule has 1 unspecified atom stereocenters. The third-order valence-electron chi connectivity index (χ3n) is 3.44. The lowest BCUT2D eigenvalue weighted by molar-refractivity contribution is -0.139. The van der Waals surface area contributed by atoms with Gasteiger partial charge in [0, 0.05) is 6.54 Å². The van der Waals surface area contributed by atoms with Crippen LogP contribution < -0.4 is 5.32 Å². The molecular formula is C16H35NO2. The molecule has 0 rings (SSSR count). The molecular weight excluding hydrogens is 238 g/mol. The molecule has 0 saturated heterocycles. The normalized spacial score (nSPS) is 15.1. The average molecular weight is 273 g/mol. The van der Waals surface area contributed by atoms with E-state index in [-0.39, 0.29) is 23.3 Å². The van der Waals surface area contributed by atoms with Crippen LogP contribution in [-0.2, 0) is 4.79 Å². The summed E-state index contributed by atoms with van der Waals surface area (Å²) in [4.78, 5) is 12.3. The highest BCUT2D eigenvalue weighted by Gasteiger charge is 2.46. The average Bonchev–Trinajstić information content (AvgIpc) is 2.24. The largest absolute Gasteiger partial charge is 0.395 e. The number of carbonyl (C=O) groups excluding carboxylic acids is 1. The Kier molecular flexibility index (Phi) is 8.61. The third kappa shape index (κ3) is 6.95. The molecule has 116 valence electrons. The Morgan fingerprint density at radius 3 is 1.68 bits per heavy atom. The van der Waals surface area contributed by atoms with Gasteiger partial charge in [0.2, 0.25) is 5.91 Å². The van der Waals surface area contributed by atoms with E-state index in [2.05, 4.69) is 46.9 Å². The number of carbonyl (C=O) groups is 1. The number of hydrogen-bond acceptors (Lipinski definition) is 2. The molecule has 0 saturated carbocycles. The number of rotatable bonds is 4. The van der Waals surface area contributed by atoms with Crippen LogP contribution in [0.25, 0.3) is 0 Å². The van der Waals surface area contributed by atoms with Gasteiger partial charge in [-0.1, -0.05) is 62.3 Å². The van der Waals surface area contributed by atoms with E-state index in [9.17, 15) is 4.79 Å². The monoisotopic (exact) mass is 273 g/mol. The molecule has 0 radical (unpaired) electrons. The van der Waals surface area contributed by atoms with Crippen molar-refractivity contribution >= 4 is 5.91 Å². The molecule has 0 aliphatic carbocycles. The van der Waals surface area contributed by atoms with E-state index in [0.29, 0.717) is 6.54 Å². The van der Waals surface area contributed by atoms with E-state index in [1.807, 2.05) is 20.8 Å². The van der Waals surface area contributed by atoms with Crippen molar-refractivity contribution in [3.8, 4) is 0 Å². The molecule has 0 aliphatic heterocycles. The molecule has 0 bridgehead atoms. The number of hydrogen-bond donors (Lipinski definition) is 2. The molecule has 0 fully saturated rings. The smallest absolute Gasteiger partial charge is 0.226 e. The molecule has 3 heteroatoms. The van der Waals surface area contributed by atoms with Gasteiger partial charge in [-0.2, -0.15) is 0 Å². The number of amides is 1. The predicted octanol–water partition coefficient (Wildman–Crippen LogP) is 3.61. The fourth-order valence-corrected chi connectivity index (χ4v) is 2.11. The Morgan fingerprint density at radius 2 is 1.42 bits per heavy atom. The van der Waals surface area contributed by atoms with Crippen LogP contribution in [-0.4, -0.2) is 24.2 Å². The molecule has 0 spiro atoms. The zero-order chi connectivity index (χ0) is 15.9. The number of aliphatic hydroxyl groups is 1. The first-order valence-electron chi connectivity index (χ1n) is 7.33. The molecule has 19 heavy (non-hydrogen) atoms. The van der Waals surface area contributed by atoms with Crippen LogP contribution >= 0.6 is 0 Å². The van der Waals surface area contributed by atoms with Crippen LogP contribution in [0.4, 0.5) is 0 Å². The van der Waals surface area contributed by atoms with E-state index in [4.69, 9.17) is 5.11 Å². The van der Waals surface area contributed by atoms with Crippen molar-refractivity contribution in [1.29, 1.82) is 0 Å². The van der Waals surface area contributed by atoms with Crippen molar-refractivity contribution in [2.75, 3.05) is 13.2 Å². The summed E-state index contributed by atoms with van der Waals surface area (Å²) in [6.07, 6.45) is 0.820. The lowest BCUT2D eigenvalue weighted by Gasteiger charge is -2.44. The zero-order valence-corrected chi connectivity index (χ0v) is 14.5. The van der Waals surface area contributed by atoms with Gasteiger partial charge in [0.05, 0.1) is 12.0 Å². The van der Waals surface area contributed by atoms with Crippen LogP contribution in [0, 0.1) is 16.2 Å². The first-order chi connectivity index (χ1) is 8.44. The second-order valence-electron chi connectivity index (χ2n) is 7.30. The summed E-state index contributed by atoms with van der Waals surface area (Å²) in [7, 11) is 0. The second-order valence-corrected chi connectivity index (χ2v) is 7.30. The van der Waals surface area contributed by atoms with E-state index in [0.717, 1.165) is 6.42 Å². The van der Waals surface area contributed by atoms with Gasteiger partial charge in [-0.25, -0.2) is 0 Å². The van der Waals surface area contributed by atoms with Gasteiger partial charge in [0.25, 0.3) is 0 Å². The van der Waals surface area contributed by atoms with Gasteiger partial charge >= 0.3 is 0 Å². The molecule has 0 aromatic carbocycles. The summed E-state index contributed by atoms with van der Waals surface area (Å²) in [5.41, 5.74) is -0.446. The quantitative estimate of drug-likeness (QED) is 0.822. The molecule has 0 heterocycles. The first-order valence-corrected chi connectivity index (χ1v) is 7.33. The Morgan fingerprint density at radius 1 is 1.00 bits per heavy atom. The molecule has 0 aromatic heterocycles. The SMILES string of the molecule is CC.CC(C)(C)CC(C)(C(=O)NCCO)C(C)(C)C. The fourth-order valence-electron chi connectivity index (χ4n) is 2.11. The molecule has 0 aromatic rings. The molecule has 2 N–H and O–H groups in total. The highest BCUT2D eigenvalue weighted by molar-refractivity contribution is 5.83. The van der Waals surface area contributed by atoms with Crippen molar-refractivity contribution in [1.82, 2.24) is 5.32 Å². The van der Waals surface area contributed by atoms with Crippen molar-refractivity contribution in [2.24, 2.45) is 16.2 Å². The summed E-state index contributed by atoms with van der Waals surface area (Å²) in [5, 5.41) is 11.6. The first kappa shape index (κ1) is 20.7.